The number of para-hydroxylation sites is 1. The second-order valence-corrected chi connectivity index (χ2v) is 4.76. The molecule has 0 fully saturated rings. The van der Waals surface area contributed by atoms with E-state index in [0.29, 0.717) is 18.5 Å². The number of benzene rings is 1. The SMILES string of the molecule is CC(O)CCCNC(=O)c1cnn(-c2ccccc2)c1. The van der Waals surface area contributed by atoms with E-state index < -0.39 is 0 Å². The van der Waals surface area contributed by atoms with Crippen molar-refractivity contribution in [1.29, 1.82) is 0 Å². The van der Waals surface area contributed by atoms with Gasteiger partial charge in [0.1, 0.15) is 0 Å². The van der Waals surface area contributed by atoms with Crippen LogP contribution in [0.15, 0.2) is 42.7 Å². The van der Waals surface area contributed by atoms with E-state index in [9.17, 15) is 4.79 Å². The smallest absolute Gasteiger partial charge is 0.254 e. The van der Waals surface area contributed by atoms with E-state index in [1.807, 2.05) is 30.3 Å². The van der Waals surface area contributed by atoms with Gasteiger partial charge in [0.2, 0.25) is 0 Å². The van der Waals surface area contributed by atoms with Crippen molar-refractivity contribution >= 4 is 5.91 Å². The molecule has 0 saturated heterocycles. The summed E-state index contributed by atoms with van der Waals surface area (Å²) in [6, 6.07) is 9.64. The van der Waals surface area contributed by atoms with Crippen molar-refractivity contribution < 1.29 is 9.90 Å². The second-order valence-electron chi connectivity index (χ2n) is 4.76. The average Bonchev–Trinajstić information content (AvgIpc) is 2.94. The van der Waals surface area contributed by atoms with Crippen LogP contribution in [0.5, 0.6) is 0 Å². The molecule has 1 aromatic heterocycles. The maximum absolute atomic E-state index is 11.9. The normalized spacial score (nSPS) is 12.1. The quantitative estimate of drug-likeness (QED) is 0.788. The lowest BCUT2D eigenvalue weighted by molar-refractivity contribution is 0.0949. The zero-order valence-electron chi connectivity index (χ0n) is 11.5. The summed E-state index contributed by atoms with van der Waals surface area (Å²) < 4.78 is 1.67. The molecule has 2 aromatic rings. The molecule has 0 aliphatic carbocycles. The van der Waals surface area contributed by atoms with Crippen LogP contribution in [-0.2, 0) is 0 Å². The fourth-order valence-corrected chi connectivity index (χ4v) is 1.86. The first-order valence-electron chi connectivity index (χ1n) is 6.73. The highest BCUT2D eigenvalue weighted by Gasteiger charge is 2.08. The van der Waals surface area contributed by atoms with Crippen LogP contribution in [0.25, 0.3) is 5.69 Å². The maximum atomic E-state index is 11.9. The first-order valence-corrected chi connectivity index (χ1v) is 6.73. The number of carbonyl (C=O) groups is 1. The Balaban J connectivity index is 1.90. The molecule has 2 rings (SSSR count). The number of hydrogen-bond acceptors (Lipinski definition) is 3. The predicted molar refractivity (Wildman–Crippen MR) is 76.8 cm³/mol. The van der Waals surface area contributed by atoms with Crippen molar-refractivity contribution in [2.45, 2.75) is 25.9 Å². The molecule has 0 spiro atoms. The van der Waals surface area contributed by atoms with E-state index in [2.05, 4.69) is 10.4 Å². The third-order valence-corrected chi connectivity index (χ3v) is 2.95. The van der Waals surface area contributed by atoms with Gasteiger partial charge < -0.3 is 10.4 Å². The van der Waals surface area contributed by atoms with Crippen LogP contribution in [0.1, 0.15) is 30.1 Å². The van der Waals surface area contributed by atoms with Gasteiger partial charge in [-0.05, 0) is 31.9 Å². The third kappa shape index (κ3) is 3.93. The minimum atomic E-state index is -0.326. The van der Waals surface area contributed by atoms with Crippen molar-refractivity contribution in [3.05, 3.63) is 48.3 Å². The van der Waals surface area contributed by atoms with Gasteiger partial charge in [-0.3, -0.25) is 4.79 Å². The van der Waals surface area contributed by atoms with Gasteiger partial charge in [-0.1, -0.05) is 18.2 Å². The molecule has 0 aliphatic heterocycles. The lowest BCUT2D eigenvalue weighted by Crippen LogP contribution is -2.24. The van der Waals surface area contributed by atoms with Gasteiger partial charge in [0.05, 0.1) is 23.6 Å². The van der Waals surface area contributed by atoms with E-state index in [-0.39, 0.29) is 12.0 Å². The molecule has 20 heavy (non-hydrogen) atoms. The maximum Gasteiger partial charge on any atom is 0.254 e. The minimum Gasteiger partial charge on any atom is -0.393 e. The van der Waals surface area contributed by atoms with Gasteiger partial charge in [-0.25, -0.2) is 4.68 Å². The highest BCUT2D eigenvalue weighted by atomic mass is 16.3. The van der Waals surface area contributed by atoms with Crippen LogP contribution in [0.3, 0.4) is 0 Å². The molecule has 1 aromatic carbocycles. The van der Waals surface area contributed by atoms with Gasteiger partial charge in [-0.15, -0.1) is 0 Å². The highest BCUT2D eigenvalue weighted by Crippen LogP contribution is 2.07. The summed E-state index contributed by atoms with van der Waals surface area (Å²) in [6.07, 6.45) is 4.38. The molecular formula is C15H19N3O2. The number of rotatable bonds is 6. The molecule has 0 aliphatic rings. The number of nitrogens with zero attached hydrogens (tertiary/aromatic N) is 2. The van der Waals surface area contributed by atoms with Crippen LogP contribution in [0.4, 0.5) is 0 Å². The van der Waals surface area contributed by atoms with E-state index in [0.717, 1.165) is 12.1 Å². The number of carbonyl (C=O) groups excluding carboxylic acids is 1. The van der Waals surface area contributed by atoms with Crippen molar-refractivity contribution in [3.63, 3.8) is 0 Å². The largest absolute Gasteiger partial charge is 0.393 e. The predicted octanol–water partition coefficient (Wildman–Crippen LogP) is 1.76. The summed E-state index contributed by atoms with van der Waals surface area (Å²) in [5, 5.41) is 16.1. The van der Waals surface area contributed by atoms with Gasteiger partial charge in [0.25, 0.3) is 5.91 Å². The molecule has 5 heteroatoms. The molecule has 2 N–H and O–H groups in total. The van der Waals surface area contributed by atoms with Gasteiger partial charge in [0.15, 0.2) is 0 Å². The number of hydrogen-bond donors (Lipinski definition) is 2. The summed E-state index contributed by atoms with van der Waals surface area (Å²) in [5.74, 6) is -0.141. The van der Waals surface area contributed by atoms with E-state index in [4.69, 9.17) is 5.11 Å². The molecule has 0 saturated carbocycles. The summed E-state index contributed by atoms with van der Waals surface area (Å²) in [4.78, 5) is 11.9. The van der Waals surface area contributed by atoms with E-state index >= 15 is 0 Å². The molecule has 1 unspecified atom stereocenters. The lowest BCUT2D eigenvalue weighted by Gasteiger charge is -2.05. The topological polar surface area (TPSA) is 67.2 Å². The van der Waals surface area contributed by atoms with Crippen LogP contribution >= 0.6 is 0 Å². The lowest BCUT2D eigenvalue weighted by atomic mass is 10.2. The van der Waals surface area contributed by atoms with Crippen LogP contribution in [0.2, 0.25) is 0 Å². The average molecular weight is 273 g/mol. The first kappa shape index (κ1) is 14.3. The molecule has 0 radical (unpaired) electrons. The standard InChI is InChI=1S/C15H19N3O2/c1-12(19)6-5-9-16-15(20)13-10-17-18(11-13)14-7-3-2-4-8-14/h2-4,7-8,10-12,19H,5-6,9H2,1H3,(H,16,20). The Morgan fingerprint density at radius 1 is 1.40 bits per heavy atom. The molecular weight excluding hydrogens is 254 g/mol. The fourth-order valence-electron chi connectivity index (χ4n) is 1.86. The van der Waals surface area contributed by atoms with Crippen molar-refractivity contribution in [2.24, 2.45) is 0 Å². The van der Waals surface area contributed by atoms with Crippen molar-refractivity contribution in [3.8, 4) is 5.69 Å². The monoisotopic (exact) mass is 273 g/mol. The number of aromatic nitrogens is 2. The molecule has 5 nitrogen and oxygen atoms in total. The highest BCUT2D eigenvalue weighted by molar-refractivity contribution is 5.93. The number of nitrogens with one attached hydrogen (secondary N) is 1. The molecule has 1 heterocycles. The van der Waals surface area contributed by atoms with Crippen molar-refractivity contribution in [2.75, 3.05) is 6.54 Å². The molecule has 0 bridgehead atoms. The van der Waals surface area contributed by atoms with E-state index in [1.54, 1.807) is 24.0 Å². The van der Waals surface area contributed by atoms with Gasteiger partial charge in [-0.2, -0.15) is 5.10 Å². The Hall–Kier alpha value is -2.14. The zero-order valence-corrected chi connectivity index (χ0v) is 11.5. The first-order chi connectivity index (χ1) is 9.66. The number of aliphatic hydroxyl groups is 1. The Kier molecular flexibility index (Phi) is 4.90. The molecule has 1 amide bonds. The number of aliphatic hydroxyl groups excluding tert-OH is 1. The zero-order chi connectivity index (χ0) is 14.4. The third-order valence-electron chi connectivity index (χ3n) is 2.95. The van der Waals surface area contributed by atoms with Crippen molar-refractivity contribution in [1.82, 2.24) is 15.1 Å². The Morgan fingerprint density at radius 2 is 2.15 bits per heavy atom. The summed E-state index contributed by atoms with van der Waals surface area (Å²) in [7, 11) is 0. The summed E-state index contributed by atoms with van der Waals surface area (Å²) >= 11 is 0. The second kappa shape index (κ2) is 6.86. The van der Waals surface area contributed by atoms with Crippen LogP contribution in [-0.4, -0.2) is 33.4 Å². The Morgan fingerprint density at radius 3 is 2.85 bits per heavy atom. The summed E-state index contributed by atoms with van der Waals surface area (Å²) in [6.45, 7) is 2.30. The van der Waals surface area contributed by atoms with Gasteiger partial charge in [0, 0.05) is 12.7 Å². The Bertz CT molecular complexity index is 549. The van der Waals surface area contributed by atoms with Crippen LogP contribution < -0.4 is 5.32 Å². The molecule has 106 valence electrons. The molecule has 1 atom stereocenters. The summed E-state index contributed by atoms with van der Waals surface area (Å²) in [5.41, 5.74) is 1.45. The minimum absolute atomic E-state index is 0.141. The fraction of sp³-hybridized carbons (Fsp3) is 0.333. The number of amides is 1. The van der Waals surface area contributed by atoms with Gasteiger partial charge >= 0.3 is 0 Å². The Labute approximate surface area is 118 Å². The van der Waals surface area contributed by atoms with Crippen LogP contribution in [0, 0.1) is 0 Å². The van der Waals surface area contributed by atoms with E-state index in [1.165, 1.54) is 0 Å².